The van der Waals surface area contributed by atoms with Crippen LogP contribution in [0.1, 0.15) is 23.1 Å². The molecule has 4 unspecified atom stereocenters. The summed E-state index contributed by atoms with van der Waals surface area (Å²) in [5.41, 5.74) is 14.3. The van der Waals surface area contributed by atoms with E-state index < -0.39 is 6.23 Å². The van der Waals surface area contributed by atoms with Crippen LogP contribution in [0.15, 0.2) is 58.7 Å². The van der Waals surface area contributed by atoms with Gasteiger partial charge in [0.15, 0.2) is 6.23 Å². The Kier molecular flexibility index (Phi) is 3.49. The van der Waals surface area contributed by atoms with Crippen LogP contribution >= 0.6 is 0 Å². The number of fused-ring (bicyclic) bond motifs is 1. The zero-order valence-electron chi connectivity index (χ0n) is 12.6. The van der Waals surface area contributed by atoms with Crippen LogP contribution in [0.3, 0.4) is 0 Å². The van der Waals surface area contributed by atoms with Crippen molar-refractivity contribution in [2.24, 2.45) is 11.7 Å². The van der Waals surface area contributed by atoms with E-state index in [2.05, 4.69) is 16.9 Å². The van der Waals surface area contributed by atoms with Crippen LogP contribution in [-0.4, -0.2) is 6.23 Å². The number of nitrogens with one attached hydrogen (secondary N) is 2. The number of hydrazine groups is 1. The number of rotatable bonds is 2. The largest absolute Gasteiger partial charge is 0.472 e. The number of nitrogens with two attached hydrogens (primary N) is 1. The van der Waals surface area contributed by atoms with Crippen molar-refractivity contribution in [3.05, 3.63) is 71.3 Å². The number of nitriles is 1. The first-order valence-electron chi connectivity index (χ1n) is 7.54. The molecule has 6 nitrogen and oxygen atoms in total. The first-order valence-corrected chi connectivity index (χ1v) is 7.54. The third kappa shape index (κ3) is 2.24. The maximum absolute atomic E-state index is 13.2. The van der Waals surface area contributed by atoms with Crippen molar-refractivity contribution in [2.75, 3.05) is 0 Å². The quantitative estimate of drug-likeness (QED) is 0.781. The molecule has 7 heteroatoms. The summed E-state index contributed by atoms with van der Waals surface area (Å²) in [4.78, 5) is 0. The van der Waals surface area contributed by atoms with E-state index >= 15 is 0 Å². The van der Waals surface area contributed by atoms with E-state index in [1.54, 1.807) is 24.7 Å². The topological polar surface area (TPSA) is 96.2 Å². The first kappa shape index (κ1) is 14.8. The van der Waals surface area contributed by atoms with E-state index in [9.17, 15) is 9.65 Å². The van der Waals surface area contributed by atoms with Crippen molar-refractivity contribution in [2.45, 2.75) is 18.2 Å². The SMILES string of the molecule is N#CC1=C(N)OC2NNC(c3ccc(F)cc3)C2C1c1ccoc1. The molecule has 0 spiro atoms. The van der Waals surface area contributed by atoms with Gasteiger partial charge in [0.25, 0.3) is 0 Å². The van der Waals surface area contributed by atoms with Crippen molar-refractivity contribution in [3.8, 4) is 6.07 Å². The summed E-state index contributed by atoms with van der Waals surface area (Å²) >= 11 is 0. The molecular weight excluding hydrogens is 311 g/mol. The molecule has 3 heterocycles. The second-order valence-electron chi connectivity index (χ2n) is 5.86. The molecule has 2 aromatic rings. The number of halogens is 1. The molecule has 4 rings (SSSR count). The molecule has 1 saturated heterocycles. The highest BCUT2D eigenvalue weighted by atomic mass is 19.1. The van der Waals surface area contributed by atoms with Crippen LogP contribution in [0, 0.1) is 23.1 Å². The number of hydrogen-bond acceptors (Lipinski definition) is 6. The normalized spacial score (nSPS) is 29.0. The fourth-order valence-corrected chi connectivity index (χ4v) is 3.50. The predicted molar refractivity (Wildman–Crippen MR) is 82.1 cm³/mol. The Balaban J connectivity index is 1.79. The fourth-order valence-electron chi connectivity index (χ4n) is 3.50. The summed E-state index contributed by atoms with van der Waals surface area (Å²) in [6.07, 6.45) is 2.77. The lowest BCUT2D eigenvalue weighted by molar-refractivity contribution is 0.0340. The smallest absolute Gasteiger partial charge is 0.200 e. The Bertz CT molecular complexity index is 810. The van der Waals surface area contributed by atoms with Gasteiger partial charge in [-0.15, -0.1) is 0 Å². The van der Waals surface area contributed by atoms with Gasteiger partial charge < -0.3 is 14.9 Å². The van der Waals surface area contributed by atoms with Gasteiger partial charge >= 0.3 is 0 Å². The number of hydrogen-bond donors (Lipinski definition) is 3. The van der Waals surface area contributed by atoms with E-state index in [0.29, 0.717) is 5.57 Å². The van der Waals surface area contributed by atoms with Gasteiger partial charge in [0.2, 0.25) is 5.88 Å². The zero-order valence-corrected chi connectivity index (χ0v) is 12.6. The number of ether oxygens (including phenoxy) is 1. The fraction of sp³-hybridized carbons (Fsp3) is 0.235. The average molecular weight is 326 g/mol. The van der Waals surface area contributed by atoms with Gasteiger partial charge in [-0.25, -0.2) is 15.2 Å². The van der Waals surface area contributed by atoms with Gasteiger partial charge in [0.05, 0.1) is 24.1 Å². The minimum Gasteiger partial charge on any atom is -0.472 e. The zero-order chi connectivity index (χ0) is 16.7. The molecule has 1 fully saturated rings. The molecule has 4 N–H and O–H groups in total. The Labute approximate surface area is 137 Å². The number of benzene rings is 1. The maximum Gasteiger partial charge on any atom is 0.200 e. The molecule has 0 aliphatic carbocycles. The van der Waals surface area contributed by atoms with E-state index in [1.807, 2.05) is 6.07 Å². The lowest BCUT2D eigenvalue weighted by atomic mass is 9.75. The van der Waals surface area contributed by atoms with Gasteiger partial charge in [0.1, 0.15) is 11.9 Å². The summed E-state index contributed by atoms with van der Waals surface area (Å²) in [6, 6.07) is 10.1. The predicted octanol–water partition coefficient (Wildman–Crippen LogP) is 2.02. The van der Waals surface area contributed by atoms with Crippen molar-refractivity contribution in [1.82, 2.24) is 10.9 Å². The van der Waals surface area contributed by atoms with Gasteiger partial charge in [0, 0.05) is 11.8 Å². The molecule has 24 heavy (non-hydrogen) atoms. The van der Waals surface area contributed by atoms with E-state index in [-0.39, 0.29) is 29.6 Å². The summed E-state index contributed by atoms with van der Waals surface area (Å²) in [5, 5.41) is 9.55. The van der Waals surface area contributed by atoms with Crippen LogP contribution in [-0.2, 0) is 4.74 Å². The van der Waals surface area contributed by atoms with E-state index in [4.69, 9.17) is 14.9 Å². The van der Waals surface area contributed by atoms with Crippen LogP contribution in [0.25, 0.3) is 0 Å². The summed E-state index contributed by atoms with van der Waals surface area (Å²) in [6.45, 7) is 0. The molecule has 2 aliphatic heterocycles. The molecule has 2 aliphatic rings. The minimum atomic E-state index is -0.406. The molecule has 0 bridgehead atoms. The average Bonchev–Trinajstić information content (AvgIpc) is 3.24. The van der Waals surface area contributed by atoms with Crippen molar-refractivity contribution < 1.29 is 13.5 Å². The van der Waals surface area contributed by atoms with Crippen molar-refractivity contribution in [1.29, 1.82) is 5.26 Å². The standard InChI is InChI=1S/C17H15FN4O2/c18-11-3-1-9(2-4-11)15-14-13(10-5-6-23-8-10)12(7-19)16(20)24-17(14)22-21-15/h1-6,8,13-15,17,21-22H,20H2. The molecule has 4 atom stereocenters. The summed E-state index contributed by atoms with van der Waals surface area (Å²) in [7, 11) is 0. The van der Waals surface area contributed by atoms with Gasteiger partial charge in [-0.2, -0.15) is 5.26 Å². The van der Waals surface area contributed by atoms with Crippen LogP contribution < -0.4 is 16.6 Å². The molecule has 0 radical (unpaired) electrons. The Morgan fingerprint density at radius 3 is 2.58 bits per heavy atom. The first-order chi connectivity index (χ1) is 11.7. The molecule has 0 amide bonds. The highest BCUT2D eigenvalue weighted by molar-refractivity contribution is 5.41. The third-order valence-corrected chi connectivity index (χ3v) is 4.58. The van der Waals surface area contributed by atoms with Crippen LogP contribution in [0.5, 0.6) is 0 Å². The van der Waals surface area contributed by atoms with Gasteiger partial charge in [-0.3, -0.25) is 0 Å². The Morgan fingerprint density at radius 1 is 1.12 bits per heavy atom. The van der Waals surface area contributed by atoms with Crippen molar-refractivity contribution >= 4 is 0 Å². The second kappa shape index (κ2) is 5.67. The number of nitrogens with zero attached hydrogens (tertiary/aromatic N) is 1. The van der Waals surface area contributed by atoms with Crippen LogP contribution in [0.2, 0.25) is 0 Å². The Morgan fingerprint density at radius 2 is 1.92 bits per heavy atom. The molecule has 1 aromatic heterocycles. The van der Waals surface area contributed by atoms with Crippen LogP contribution in [0.4, 0.5) is 4.39 Å². The molecule has 122 valence electrons. The molecule has 0 saturated carbocycles. The lowest BCUT2D eigenvalue weighted by Crippen LogP contribution is -2.40. The highest BCUT2D eigenvalue weighted by Crippen LogP contribution is 2.47. The maximum atomic E-state index is 13.2. The number of furan rings is 1. The second-order valence-corrected chi connectivity index (χ2v) is 5.86. The summed E-state index contributed by atoms with van der Waals surface area (Å²) < 4.78 is 24.1. The summed E-state index contributed by atoms with van der Waals surface area (Å²) in [5.74, 6) is -0.617. The number of allylic oxidation sites excluding steroid dienone is 1. The molecular formula is C17H15FN4O2. The highest BCUT2D eigenvalue weighted by Gasteiger charge is 2.49. The van der Waals surface area contributed by atoms with Gasteiger partial charge in [-0.05, 0) is 29.3 Å². The molecule has 1 aromatic carbocycles. The lowest BCUT2D eigenvalue weighted by Gasteiger charge is -2.35. The third-order valence-electron chi connectivity index (χ3n) is 4.58. The van der Waals surface area contributed by atoms with E-state index in [1.165, 1.54) is 12.1 Å². The minimum absolute atomic E-state index is 0.110. The van der Waals surface area contributed by atoms with Crippen molar-refractivity contribution in [3.63, 3.8) is 0 Å². The van der Waals surface area contributed by atoms with Gasteiger partial charge in [-0.1, -0.05) is 12.1 Å². The van der Waals surface area contributed by atoms with E-state index in [0.717, 1.165) is 11.1 Å². The Hall–Kier alpha value is -2.82. The monoisotopic (exact) mass is 326 g/mol.